The van der Waals surface area contributed by atoms with Crippen molar-refractivity contribution >= 4 is 0 Å². The highest BCUT2D eigenvalue weighted by atomic mass is 19.1. The molecule has 3 nitrogen and oxygen atoms in total. The molecule has 2 aromatic rings. The lowest BCUT2D eigenvalue weighted by Gasteiger charge is -2.15. The Labute approximate surface area is 118 Å². The number of phenols is 1. The van der Waals surface area contributed by atoms with E-state index in [0.29, 0.717) is 12.1 Å². The van der Waals surface area contributed by atoms with Gasteiger partial charge in [0.25, 0.3) is 0 Å². The molecule has 0 aliphatic carbocycles. The lowest BCUT2D eigenvalue weighted by molar-refractivity contribution is 0.414. The number of nitrogens with one attached hydrogen (secondary N) is 1. The van der Waals surface area contributed by atoms with Gasteiger partial charge in [0.15, 0.2) is 11.6 Å². The lowest BCUT2D eigenvalue weighted by Crippen LogP contribution is -2.18. The molecule has 2 rings (SSSR count). The van der Waals surface area contributed by atoms with E-state index >= 15 is 0 Å². The highest BCUT2D eigenvalue weighted by Gasteiger charge is 2.09. The monoisotopic (exact) mass is 275 g/mol. The van der Waals surface area contributed by atoms with Crippen molar-refractivity contribution in [3.63, 3.8) is 0 Å². The molecule has 1 unspecified atom stereocenters. The molecular weight excluding hydrogens is 257 g/mol. The molecule has 0 spiro atoms. The van der Waals surface area contributed by atoms with Crippen LogP contribution >= 0.6 is 0 Å². The fraction of sp³-hybridized carbons (Fsp3) is 0.250. The van der Waals surface area contributed by atoms with Crippen LogP contribution in [0, 0.1) is 5.82 Å². The van der Waals surface area contributed by atoms with Gasteiger partial charge in [-0.05, 0) is 30.7 Å². The number of phenolic OH excluding ortho intramolecular Hbond substituents is 1. The van der Waals surface area contributed by atoms with E-state index in [1.165, 1.54) is 6.07 Å². The van der Waals surface area contributed by atoms with Crippen molar-refractivity contribution in [2.45, 2.75) is 19.5 Å². The minimum Gasteiger partial charge on any atom is -0.505 e. The number of hydrogen-bond donors (Lipinski definition) is 2. The molecule has 2 N–H and O–H groups in total. The molecule has 0 heterocycles. The van der Waals surface area contributed by atoms with Crippen LogP contribution in [-0.4, -0.2) is 12.2 Å². The summed E-state index contributed by atoms with van der Waals surface area (Å²) < 4.78 is 18.3. The maximum Gasteiger partial charge on any atom is 0.165 e. The van der Waals surface area contributed by atoms with E-state index in [4.69, 9.17) is 4.74 Å². The fourth-order valence-corrected chi connectivity index (χ4v) is 1.98. The molecule has 0 aliphatic rings. The molecule has 2 aromatic carbocycles. The van der Waals surface area contributed by atoms with Gasteiger partial charge in [-0.1, -0.05) is 24.3 Å². The zero-order chi connectivity index (χ0) is 14.5. The van der Waals surface area contributed by atoms with Crippen molar-refractivity contribution in [1.29, 1.82) is 0 Å². The average Bonchev–Trinajstić information content (AvgIpc) is 2.48. The molecule has 4 heteroatoms. The quantitative estimate of drug-likeness (QED) is 0.879. The van der Waals surface area contributed by atoms with Gasteiger partial charge in [-0.2, -0.15) is 0 Å². The smallest absolute Gasteiger partial charge is 0.165 e. The van der Waals surface area contributed by atoms with Crippen LogP contribution in [0.1, 0.15) is 24.1 Å². The Morgan fingerprint density at radius 1 is 1.20 bits per heavy atom. The minimum atomic E-state index is -0.596. The second-order valence-electron chi connectivity index (χ2n) is 4.62. The lowest BCUT2D eigenvalue weighted by atomic mass is 10.1. The topological polar surface area (TPSA) is 41.5 Å². The molecule has 0 saturated heterocycles. The van der Waals surface area contributed by atoms with Crippen LogP contribution in [-0.2, 0) is 6.54 Å². The van der Waals surface area contributed by atoms with E-state index in [2.05, 4.69) is 5.32 Å². The normalized spacial score (nSPS) is 12.2. The molecule has 0 aromatic heterocycles. The number of rotatable bonds is 5. The van der Waals surface area contributed by atoms with Crippen molar-refractivity contribution in [3.05, 3.63) is 59.4 Å². The average molecular weight is 275 g/mol. The molecule has 106 valence electrons. The van der Waals surface area contributed by atoms with Crippen molar-refractivity contribution in [2.75, 3.05) is 7.11 Å². The molecule has 0 radical (unpaired) electrons. The van der Waals surface area contributed by atoms with E-state index in [9.17, 15) is 9.50 Å². The molecule has 0 fully saturated rings. The highest BCUT2D eigenvalue weighted by molar-refractivity contribution is 5.34. The zero-order valence-corrected chi connectivity index (χ0v) is 11.6. The number of benzene rings is 2. The first-order chi connectivity index (χ1) is 9.61. The second-order valence-corrected chi connectivity index (χ2v) is 4.62. The van der Waals surface area contributed by atoms with Crippen LogP contribution in [0.4, 0.5) is 4.39 Å². The second kappa shape index (κ2) is 6.39. The zero-order valence-electron chi connectivity index (χ0n) is 11.6. The van der Waals surface area contributed by atoms with Crippen LogP contribution in [0.15, 0.2) is 42.5 Å². The number of aromatic hydroxyl groups is 1. The fourth-order valence-electron chi connectivity index (χ4n) is 1.98. The van der Waals surface area contributed by atoms with Gasteiger partial charge in [-0.15, -0.1) is 0 Å². The number of halogens is 1. The molecule has 1 atom stereocenters. The van der Waals surface area contributed by atoms with Crippen molar-refractivity contribution < 1.29 is 14.2 Å². The molecule has 0 saturated carbocycles. The summed E-state index contributed by atoms with van der Waals surface area (Å²) in [4.78, 5) is 0. The summed E-state index contributed by atoms with van der Waals surface area (Å²) in [6.45, 7) is 2.41. The summed E-state index contributed by atoms with van der Waals surface area (Å²) in [5.74, 6) is -0.0768. The first kappa shape index (κ1) is 14.3. The standard InChI is InChI=1S/C16H18FNO2/c1-11(12-6-8-14(20-2)9-7-12)18-10-13-4-3-5-15(17)16(13)19/h3-9,11,18-19H,10H2,1-2H3. The summed E-state index contributed by atoms with van der Waals surface area (Å²) in [7, 11) is 1.63. The van der Waals surface area contributed by atoms with Gasteiger partial charge < -0.3 is 15.2 Å². The van der Waals surface area contributed by atoms with Crippen LogP contribution in [0.5, 0.6) is 11.5 Å². The Hall–Kier alpha value is -2.07. The molecule has 0 aliphatic heterocycles. The van der Waals surface area contributed by atoms with Crippen molar-refractivity contribution in [1.82, 2.24) is 5.32 Å². The van der Waals surface area contributed by atoms with Crippen LogP contribution < -0.4 is 10.1 Å². The Bertz CT molecular complexity index is 569. The van der Waals surface area contributed by atoms with Gasteiger partial charge in [-0.3, -0.25) is 0 Å². The Morgan fingerprint density at radius 2 is 1.90 bits per heavy atom. The third kappa shape index (κ3) is 3.27. The van der Waals surface area contributed by atoms with E-state index in [0.717, 1.165) is 11.3 Å². The highest BCUT2D eigenvalue weighted by Crippen LogP contribution is 2.22. The number of ether oxygens (including phenoxy) is 1. The van der Waals surface area contributed by atoms with Crippen molar-refractivity contribution in [3.8, 4) is 11.5 Å². The SMILES string of the molecule is COc1ccc(C(C)NCc2cccc(F)c2O)cc1. The van der Waals surface area contributed by atoms with E-state index in [-0.39, 0.29) is 11.8 Å². The van der Waals surface area contributed by atoms with Crippen LogP contribution in [0.2, 0.25) is 0 Å². The van der Waals surface area contributed by atoms with Gasteiger partial charge in [0.05, 0.1) is 7.11 Å². The Balaban J connectivity index is 2.00. The molecular formula is C16H18FNO2. The summed E-state index contributed by atoms with van der Waals surface area (Å²) in [6, 6.07) is 12.4. The van der Waals surface area contributed by atoms with Crippen LogP contribution in [0.3, 0.4) is 0 Å². The van der Waals surface area contributed by atoms with Crippen LogP contribution in [0.25, 0.3) is 0 Å². The molecule has 0 amide bonds. The predicted octanol–water partition coefficient (Wildman–Crippen LogP) is 3.39. The van der Waals surface area contributed by atoms with Gasteiger partial charge in [0, 0.05) is 18.2 Å². The first-order valence-electron chi connectivity index (χ1n) is 6.45. The van der Waals surface area contributed by atoms with E-state index in [1.807, 2.05) is 31.2 Å². The summed E-state index contributed by atoms with van der Waals surface area (Å²) in [5, 5.41) is 12.9. The third-order valence-corrected chi connectivity index (χ3v) is 3.28. The van der Waals surface area contributed by atoms with Gasteiger partial charge in [-0.25, -0.2) is 4.39 Å². The maximum absolute atomic E-state index is 13.2. The maximum atomic E-state index is 13.2. The van der Waals surface area contributed by atoms with E-state index < -0.39 is 5.82 Å². The Kier molecular flexibility index (Phi) is 4.58. The summed E-state index contributed by atoms with van der Waals surface area (Å²) in [5.41, 5.74) is 1.65. The molecule has 0 bridgehead atoms. The number of methoxy groups -OCH3 is 1. The van der Waals surface area contributed by atoms with Gasteiger partial charge in [0.2, 0.25) is 0 Å². The van der Waals surface area contributed by atoms with Gasteiger partial charge >= 0.3 is 0 Å². The summed E-state index contributed by atoms with van der Waals surface area (Å²) >= 11 is 0. The molecule has 20 heavy (non-hydrogen) atoms. The largest absolute Gasteiger partial charge is 0.505 e. The summed E-state index contributed by atoms with van der Waals surface area (Å²) in [6.07, 6.45) is 0. The predicted molar refractivity (Wildman–Crippen MR) is 76.3 cm³/mol. The van der Waals surface area contributed by atoms with Crippen molar-refractivity contribution in [2.24, 2.45) is 0 Å². The van der Waals surface area contributed by atoms with Gasteiger partial charge in [0.1, 0.15) is 5.75 Å². The third-order valence-electron chi connectivity index (χ3n) is 3.28. The minimum absolute atomic E-state index is 0.0866. The Morgan fingerprint density at radius 3 is 2.55 bits per heavy atom. The number of para-hydroxylation sites is 1. The number of hydrogen-bond acceptors (Lipinski definition) is 3. The first-order valence-corrected chi connectivity index (χ1v) is 6.45. The van der Waals surface area contributed by atoms with E-state index in [1.54, 1.807) is 19.2 Å².